The predicted molar refractivity (Wildman–Crippen MR) is 145 cm³/mol. The van der Waals surface area contributed by atoms with E-state index in [9.17, 15) is 26.4 Å². The van der Waals surface area contributed by atoms with Gasteiger partial charge in [0.2, 0.25) is 0 Å². The molecule has 1 amide bonds. The summed E-state index contributed by atoms with van der Waals surface area (Å²) in [5, 5.41) is 13.3. The van der Waals surface area contributed by atoms with Crippen LogP contribution in [-0.4, -0.2) is 78.0 Å². The van der Waals surface area contributed by atoms with E-state index in [1.54, 1.807) is 37.4 Å². The Labute approximate surface area is 231 Å². The number of sulfonamides is 1. The first-order valence-corrected chi connectivity index (χ1v) is 13.8. The molecule has 0 radical (unpaired) electrons. The Morgan fingerprint density at radius 1 is 1.05 bits per heavy atom. The third-order valence-electron chi connectivity index (χ3n) is 5.82. The number of aliphatic carboxylic acids is 1. The molecule has 2 aromatic rings. The van der Waals surface area contributed by atoms with Gasteiger partial charge in [0.15, 0.2) is 0 Å². The molecule has 4 N–H and O–H groups in total. The molecule has 0 bridgehead atoms. The summed E-state index contributed by atoms with van der Waals surface area (Å²) in [5.74, 6) is -3.02. The van der Waals surface area contributed by atoms with E-state index in [2.05, 4.69) is 41.0 Å². The number of benzene rings is 2. The van der Waals surface area contributed by atoms with Crippen LogP contribution >= 0.6 is 0 Å². The number of nitrogens with zero attached hydrogens (tertiary/aromatic N) is 1. The summed E-state index contributed by atoms with van der Waals surface area (Å²) in [4.78, 5) is 24.1. The third kappa shape index (κ3) is 9.68. The van der Waals surface area contributed by atoms with Crippen molar-refractivity contribution in [3.8, 4) is 0 Å². The standard InChI is InChI=1S/C24H34N4O4S.C2HF3O2/c1-24(2,3)18-5-8-20(9-6-18)33(30,31)27-19-7-10-22(28-14-11-25-12-15-28)21(17-19)23(29)26-13-16-32-4;3-2(4,5)1(6)7/h5-10,17,25,27H,11-16H2,1-4H3,(H,26,29);(H,6,7). The highest BCUT2D eigenvalue weighted by Crippen LogP contribution is 2.28. The van der Waals surface area contributed by atoms with Crippen LogP contribution in [0.25, 0.3) is 0 Å². The monoisotopic (exact) mass is 588 g/mol. The Balaban J connectivity index is 0.000000708. The number of rotatable bonds is 8. The number of amides is 1. The highest BCUT2D eigenvalue weighted by molar-refractivity contribution is 7.92. The maximum atomic E-state index is 13.0. The van der Waals surface area contributed by atoms with Crippen LogP contribution in [0, 0.1) is 0 Å². The molecule has 0 unspecified atom stereocenters. The maximum absolute atomic E-state index is 13.0. The second-order valence-electron chi connectivity index (χ2n) is 9.90. The molecule has 1 aliphatic rings. The number of carbonyl (C=O) groups excluding carboxylic acids is 1. The van der Waals surface area contributed by atoms with E-state index < -0.39 is 22.2 Å². The minimum Gasteiger partial charge on any atom is -0.475 e. The van der Waals surface area contributed by atoms with Crippen LogP contribution in [0.3, 0.4) is 0 Å². The Morgan fingerprint density at radius 2 is 1.62 bits per heavy atom. The van der Waals surface area contributed by atoms with Gasteiger partial charge in [-0.1, -0.05) is 32.9 Å². The van der Waals surface area contributed by atoms with Crippen LogP contribution < -0.4 is 20.3 Å². The number of halogens is 3. The van der Waals surface area contributed by atoms with Crippen molar-refractivity contribution < 1.29 is 41.0 Å². The minimum atomic E-state index is -5.08. The number of methoxy groups -OCH3 is 1. The molecule has 3 rings (SSSR count). The quantitative estimate of drug-likeness (QED) is 0.345. The number of hydrogen-bond donors (Lipinski definition) is 4. The summed E-state index contributed by atoms with van der Waals surface area (Å²) in [5.41, 5.74) is 2.53. The molecule has 2 aromatic carbocycles. The second kappa shape index (κ2) is 13.8. The third-order valence-corrected chi connectivity index (χ3v) is 7.21. The first-order valence-electron chi connectivity index (χ1n) is 12.4. The molecule has 14 heteroatoms. The SMILES string of the molecule is COCCNC(=O)c1cc(NS(=O)(=O)c2ccc(C(C)(C)C)cc2)ccc1N1CCNCC1.O=C(O)C(F)(F)F. The van der Waals surface area contributed by atoms with E-state index in [0.717, 1.165) is 37.4 Å². The van der Waals surface area contributed by atoms with Gasteiger partial charge in [-0.05, 0) is 41.3 Å². The van der Waals surface area contributed by atoms with Crippen molar-refractivity contribution in [1.29, 1.82) is 0 Å². The minimum absolute atomic E-state index is 0.0688. The van der Waals surface area contributed by atoms with Crippen LogP contribution in [0.15, 0.2) is 47.4 Å². The predicted octanol–water partition coefficient (Wildman–Crippen LogP) is 3.20. The Hall–Kier alpha value is -3.36. The first kappa shape index (κ1) is 32.8. The smallest absolute Gasteiger partial charge is 0.475 e. The summed E-state index contributed by atoms with van der Waals surface area (Å²) in [7, 11) is -2.23. The van der Waals surface area contributed by atoms with Gasteiger partial charge in [0, 0.05) is 51.2 Å². The van der Waals surface area contributed by atoms with Gasteiger partial charge >= 0.3 is 12.1 Å². The number of alkyl halides is 3. The number of carboxylic acids is 1. The maximum Gasteiger partial charge on any atom is 0.490 e. The molecule has 0 aliphatic carbocycles. The van der Waals surface area contributed by atoms with Gasteiger partial charge < -0.3 is 25.4 Å². The number of piperazine rings is 1. The molecular weight excluding hydrogens is 553 g/mol. The van der Waals surface area contributed by atoms with Crippen molar-refractivity contribution in [3.63, 3.8) is 0 Å². The average Bonchev–Trinajstić information content (AvgIpc) is 2.88. The van der Waals surface area contributed by atoms with Gasteiger partial charge in [-0.3, -0.25) is 9.52 Å². The molecule has 1 fully saturated rings. The van der Waals surface area contributed by atoms with Crippen molar-refractivity contribution in [2.24, 2.45) is 0 Å². The van der Waals surface area contributed by atoms with Crippen LogP contribution in [0.5, 0.6) is 0 Å². The van der Waals surface area contributed by atoms with E-state index >= 15 is 0 Å². The van der Waals surface area contributed by atoms with Crippen LogP contribution in [0.1, 0.15) is 36.7 Å². The van der Waals surface area contributed by atoms with Crippen LogP contribution in [0.2, 0.25) is 0 Å². The van der Waals surface area contributed by atoms with Gasteiger partial charge in [-0.25, -0.2) is 13.2 Å². The average molecular weight is 589 g/mol. The number of anilines is 2. The molecule has 0 aromatic heterocycles. The summed E-state index contributed by atoms with van der Waals surface area (Å²) in [6.45, 7) is 10.2. The Kier molecular flexibility index (Phi) is 11.3. The second-order valence-corrected chi connectivity index (χ2v) is 11.6. The van der Waals surface area contributed by atoms with Crippen molar-refractivity contribution in [1.82, 2.24) is 10.6 Å². The number of ether oxygens (including phenoxy) is 1. The lowest BCUT2D eigenvalue weighted by molar-refractivity contribution is -0.192. The number of hydrogen-bond acceptors (Lipinski definition) is 7. The summed E-state index contributed by atoms with van der Waals surface area (Å²) < 4.78 is 65.4. The fraction of sp³-hybridized carbons (Fsp3) is 0.462. The van der Waals surface area contributed by atoms with Crippen molar-refractivity contribution in [2.45, 2.75) is 37.3 Å². The molecule has 0 spiro atoms. The van der Waals surface area contributed by atoms with Crippen LogP contribution in [-0.2, 0) is 25.0 Å². The van der Waals surface area contributed by atoms with Gasteiger partial charge in [-0.15, -0.1) is 0 Å². The molecule has 0 saturated carbocycles. The van der Waals surface area contributed by atoms with E-state index in [4.69, 9.17) is 14.6 Å². The molecule has 222 valence electrons. The van der Waals surface area contributed by atoms with Crippen molar-refractivity contribution >= 4 is 33.3 Å². The lowest BCUT2D eigenvalue weighted by atomic mass is 9.87. The van der Waals surface area contributed by atoms with Crippen molar-refractivity contribution in [2.75, 3.05) is 56.1 Å². The molecule has 1 heterocycles. The molecule has 0 atom stereocenters. The fourth-order valence-electron chi connectivity index (χ4n) is 3.67. The highest BCUT2D eigenvalue weighted by Gasteiger charge is 2.38. The lowest BCUT2D eigenvalue weighted by Crippen LogP contribution is -2.44. The zero-order chi connectivity index (χ0) is 30.1. The van der Waals surface area contributed by atoms with E-state index in [-0.39, 0.29) is 16.2 Å². The number of carboxylic acid groups (broad SMARTS) is 1. The molecule has 10 nitrogen and oxygen atoms in total. The molecule has 1 aliphatic heterocycles. The zero-order valence-corrected chi connectivity index (χ0v) is 23.6. The number of nitrogens with one attached hydrogen (secondary N) is 3. The summed E-state index contributed by atoms with van der Waals surface area (Å²) >= 11 is 0. The summed E-state index contributed by atoms with van der Waals surface area (Å²) in [6, 6.07) is 12.0. The Bertz CT molecular complexity index is 1260. The highest BCUT2D eigenvalue weighted by atomic mass is 32.2. The zero-order valence-electron chi connectivity index (χ0n) is 22.8. The molecule has 40 heavy (non-hydrogen) atoms. The normalized spacial score (nSPS) is 14.1. The van der Waals surface area contributed by atoms with Crippen molar-refractivity contribution in [3.05, 3.63) is 53.6 Å². The van der Waals surface area contributed by atoms with E-state index in [1.165, 1.54) is 0 Å². The number of carbonyl (C=O) groups is 2. The van der Waals surface area contributed by atoms with Gasteiger partial charge in [0.25, 0.3) is 15.9 Å². The van der Waals surface area contributed by atoms with Gasteiger partial charge in [0.05, 0.1) is 17.1 Å². The van der Waals surface area contributed by atoms with Gasteiger partial charge in [-0.2, -0.15) is 13.2 Å². The molecule has 1 saturated heterocycles. The fourth-order valence-corrected chi connectivity index (χ4v) is 4.72. The van der Waals surface area contributed by atoms with Gasteiger partial charge in [0.1, 0.15) is 0 Å². The lowest BCUT2D eigenvalue weighted by Gasteiger charge is -2.31. The first-order chi connectivity index (χ1) is 18.6. The Morgan fingerprint density at radius 3 is 2.12 bits per heavy atom. The largest absolute Gasteiger partial charge is 0.490 e. The molecular formula is C26H35F3N4O6S. The summed E-state index contributed by atoms with van der Waals surface area (Å²) in [6.07, 6.45) is -5.08. The van der Waals surface area contributed by atoms with Crippen LogP contribution in [0.4, 0.5) is 24.5 Å². The van der Waals surface area contributed by atoms with E-state index in [0.29, 0.717) is 24.4 Å². The van der Waals surface area contributed by atoms with E-state index in [1.807, 2.05) is 12.1 Å². The topological polar surface area (TPSA) is 137 Å².